The normalized spacial score (nSPS) is 15.4. The molecule has 1 heterocycles. The van der Waals surface area contributed by atoms with Crippen molar-refractivity contribution in [3.63, 3.8) is 0 Å². The summed E-state index contributed by atoms with van der Waals surface area (Å²) in [6.07, 6.45) is 0.534. The van der Waals surface area contributed by atoms with Crippen molar-refractivity contribution < 1.29 is 14.5 Å². The van der Waals surface area contributed by atoms with Crippen LogP contribution in [0.4, 0.5) is 27.5 Å². The number of likely N-dealkylation sites (N-methyl/N-ethyl adjacent to an activating group) is 1. The van der Waals surface area contributed by atoms with Gasteiger partial charge in [0.05, 0.1) is 22.8 Å². The molecule has 1 amide bonds. The van der Waals surface area contributed by atoms with Gasteiger partial charge in [0.15, 0.2) is 0 Å². The van der Waals surface area contributed by atoms with E-state index in [9.17, 15) is 14.9 Å². The van der Waals surface area contributed by atoms with Gasteiger partial charge in [-0.1, -0.05) is 30.3 Å². The number of alkyl carbamates (subject to hydrolysis) is 1. The Bertz CT molecular complexity index is 1220. The van der Waals surface area contributed by atoms with Crippen LogP contribution >= 0.6 is 0 Å². The van der Waals surface area contributed by atoms with E-state index in [1.54, 1.807) is 12.1 Å². The summed E-state index contributed by atoms with van der Waals surface area (Å²) in [5.41, 5.74) is 3.47. The molecular weight excluding hydrogens is 484 g/mol. The highest BCUT2D eigenvalue weighted by Crippen LogP contribution is 2.23. The minimum absolute atomic E-state index is 0.0124. The lowest BCUT2D eigenvalue weighted by Crippen LogP contribution is -2.38. The minimum Gasteiger partial charge on any atom is -0.448 e. The molecular formula is C28H32N6O4. The first kappa shape index (κ1) is 26.7. The first-order chi connectivity index (χ1) is 18.5. The van der Waals surface area contributed by atoms with Crippen molar-refractivity contribution in [3.05, 3.63) is 94.5 Å². The van der Waals surface area contributed by atoms with E-state index in [1.807, 2.05) is 49.4 Å². The number of nitro groups is 1. The molecule has 1 fully saturated rings. The Labute approximate surface area is 222 Å². The first-order valence-corrected chi connectivity index (χ1v) is 12.7. The van der Waals surface area contributed by atoms with E-state index in [1.165, 1.54) is 17.7 Å². The number of nitrogens with one attached hydrogen (secondary N) is 1. The van der Waals surface area contributed by atoms with Gasteiger partial charge in [-0.2, -0.15) is 10.2 Å². The van der Waals surface area contributed by atoms with Crippen molar-refractivity contribution in [2.24, 2.45) is 10.2 Å². The van der Waals surface area contributed by atoms with E-state index >= 15 is 0 Å². The molecule has 0 spiro atoms. The Morgan fingerprint density at radius 3 is 2.34 bits per heavy atom. The maximum Gasteiger partial charge on any atom is 0.407 e. The number of hydrogen-bond donors (Lipinski definition) is 1. The van der Waals surface area contributed by atoms with Crippen molar-refractivity contribution in [3.8, 4) is 0 Å². The summed E-state index contributed by atoms with van der Waals surface area (Å²) < 4.78 is 5.46. The van der Waals surface area contributed by atoms with Gasteiger partial charge in [-0.25, -0.2) is 4.79 Å². The first-order valence-electron chi connectivity index (χ1n) is 12.7. The number of azo groups is 1. The molecule has 10 nitrogen and oxygen atoms in total. The summed E-state index contributed by atoms with van der Waals surface area (Å²) in [6, 6.07) is 23.9. The predicted molar refractivity (Wildman–Crippen MR) is 146 cm³/mol. The summed E-state index contributed by atoms with van der Waals surface area (Å²) in [5.74, 6) is 0. The molecule has 0 aliphatic carbocycles. The van der Waals surface area contributed by atoms with Gasteiger partial charge in [0, 0.05) is 50.0 Å². The molecule has 0 radical (unpaired) electrons. The molecule has 4 rings (SSSR count). The van der Waals surface area contributed by atoms with Crippen LogP contribution in [0.3, 0.4) is 0 Å². The second-order valence-corrected chi connectivity index (χ2v) is 9.06. The summed E-state index contributed by atoms with van der Waals surface area (Å²) in [6.45, 7) is 6.30. The average molecular weight is 517 g/mol. The number of non-ortho nitro benzene ring substituents is 1. The molecule has 1 aliphatic heterocycles. The van der Waals surface area contributed by atoms with Crippen LogP contribution in [-0.4, -0.2) is 54.7 Å². The number of anilines is 1. The van der Waals surface area contributed by atoms with Crippen LogP contribution in [0.2, 0.25) is 0 Å². The number of amides is 1. The summed E-state index contributed by atoms with van der Waals surface area (Å²) in [4.78, 5) is 27.1. The molecule has 198 valence electrons. The van der Waals surface area contributed by atoms with Crippen LogP contribution in [0.5, 0.6) is 0 Å². The van der Waals surface area contributed by atoms with Crippen LogP contribution in [0, 0.1) is 10.1 Å². The van der Waals surface area contributed by atoms with Gasteiger partial charge in [-0.15, -0.1) is 0 Å². The molecule has 38 heavy (non-hydrogen) atoms. The van der Waals surface area contributed by atoms with Gasteiger partial charge in [0.2, 0.25) is 0 Å². The fourth-order valence-corrected chi connectivity index (χ4v) is 4.35. The predicted octanol–water partition coefficient (Wildman–Crippen LogP) is 5.84. The molecule has 1 saturated heterocycles. The Morgan fingerprint density at radius 1 is 1.05 bits per heavy atom. The van der Waals surface area contributed by atoms with Crippen LogP contribution in [-0.2, 0) is 11.3 Å². The fourth-order valence-electron chi connectivity index (χ4n) is 4.35. The zero-order chi connectivity index (χ0) is 26.7. The monoisotopic (exact) mass is 516 g/mol. The number of rotatable bonds is 11. The molecule has 1 atom stereocenters. The third kappa shape index (κ3) is 7.84. The van der Waals surface area contributed by atoms with Crippen LogP contribution < -0.4 is 10.2 Å². The number of nitrogens with zero attached hydrogens (tertiary/aromatic N) is 5. The Morgan fingerprint density at radius 2 is 1.71 bits per heavy atom. The second kappa shape index (κ2) is 13.3. The molecule has 1 aliphatic rings. The molecule has 1 unspecified atom stereocenters. The second-order valence-electron chi connectivity index (χ2n) is 9.06. The van der Waals surface area contributed by atoms with Gasteiger partial charge in [-0.05, 0) is 55.3 Å². The average Bonchev–Trinajstić information content (AvgIpc) is 3.37. The fraction of sp³-hybridized carbons (Fsp3) is 0.321. The molecule has 0 saturated carbocycles. The van der Waals surface area contributed by atoms with Gasteiger partial charge in [-0.3, -0.25) is 15.0 Å². The molecule has 3 aromatic carbocycles. The van der Waals surface area contributed by atoms with Crippen LogP contribution in [0.1, 0.15) is 18.9 Å². The molecule has 1 N–H and O–H groups in total. The molecule has 10 heteroatoms. The van der Waals surface area contributed by atoms with Crippen molar-refractivity contribution in [1.82, 2.24) is 10.2 Å². The smallest absolute Gasteiger partial charge is 0.407 e. The zero-order valence-corrected chi connectivity index (χ0v) is 21.4. The van der Waals surface area contributed by atoms with E-state index in [0.29, 0.717) is 17.9 Å². The number of nitro benzene ring substituents is 1. The maximum atomic E-state index is 12.3. The van der Waals surface area contributed by atoms with Crippen molar-refractivity contribution >= 4 is 28.8 Å². The number of carbonyl (C=O) groups excluding carboxylic acids is 1. The summed E-state index contributed by atoms with van der Waals surface area (Å²) >= 11 is 0. The highest BCUT2D eigenvalue weighted by molar-refractivity contribution is 5.67. The van der Waals surface area contributed by atoms with E-state index in [4.69, 9.17) is 4.74 Å². The zero-order valence-electron chi connectivity index (χ0n) is 21.4. The number of carbonyl (C=O) groups is 1. The van der Waals surface area contributed by atoms with E-state index in [0.717, 1.165) is 38.3 Å². The van der Waals surface area contributed by atoms with Crippen molar-refractivity contribution in [2.45, 2.75) is 25.9 Å². The lowest BCUT2D eigenvalue weighted by molar-refractivity contribution is -0.384. The van der Waals surface area contributed by atoms with Crippen LogP contribution in [0.25, 0.3) is 0 Å². The Hall–Kier alpha value is -4.31. The lowest BCUT2D eigenvalue weighted by Gasteiger charge is -2.23. The SMILES string of the molecule is CCN(CCOC(=O)NC1CCN(Cc2ccccc2)C1)c1ccc(N=Nc2ccc([N+](=O)[O-])cc2)cc1. The molecule has 0 bridgehead atoms. The third-order valence-electron chi connectivity index (χ3n) is 6.38. The number of benzene rings is 3. The number of ether oxygens (including phenoxy) is 1. The van der Waals surface area contributed by atoms with E-state index in [-0.39, 0.29) is 24.4 Å². The quantitative estimate of drug-likeness (QED) is 0.195. The van der Waals surface area contributed by atoms with Crippen molar-refractivity contribution in [2.75, 3.05) is 37.7 Å². The Kier molecular flexibility index (Phi) is 9.36. The summed E-state index contributed by atoms with van der Waals surface area (Å²) in [7, 11) is 0. The summed E-state index contributed by atoms with van der Waals surface area (Å²) in [5, 5.41) is 22.1. The number of likely N-dealkylation sites (tertiary alicyclic amines) is 1. The van der Waals surface area contributed by atoms with Gasteiger partial charge >= 0.3 is 6.09 Å². The topological polar surface area (TPSA) is 113 Å². The van der Waals surface area contributed by atoms with Gasteiger partial charge in [0.1, 0.15) is 6.61 Å². The standard InChI is InChI=1S/C28H32N6O4/c1-2-33(26-12-8-23(9-13-26)30-31-24-10-14-27(15-11-24)34(36)37)18-19-38-28(35)29-25-16-17-32(21-25)20-22-6-4-3-5-7-22/h3-15,25H,2,16-21H2,1H3,(H,29,35). The number of hydrogen-bond acceptors (Lipinski definition) is 8. The van der Waals surface area contributed by atoms with E-state index in [2.05, 4.69) is 37.5 Å². The van der Waals surface area contributed by atoms with Crippen LogP contribution in [0.15, 0.2) is 89.1 Å². The third-order valence-corrected chi connectivity index (χ3v) is 6.38. The highest BCUT2D eigenvalue weighted by atomic mass is 16.6. The highest BCUT2D eigenvalue weighted by Gasteiger charge is 2.24. The van der Waals surface area contributed by atoms with Gasteiger partial charge in [0.25, 0.3) is 5.69 Å². The molecule has 3 aromatic rings. The maximum absolute atomic E-state index is 12.3. The van der Waals surface area contributed by atoms with Crippen molar-refractivity contribution in [1.29, 1.82) is 0 Å². The lowest BCUT2D eigenvalue weighted by atomic mass is 10.2. The largest absolute Gasteiger partial charge is 0.448 e. The Balaban J connectivity index is 1.19. The minimum atomic E-state index is -0.452. The van der Waals surface area contributed by atoms with E-state index < -0.39 is 4.92 Å². The van der Waals surface area contributed by atoms with Gasteiger partial charge < -0.3 is 15.0 Å². The molecule has 0 aromatic heterocycles.